The summed E-state index contributed by atoms with van der Waals surface area (Å²) >= 11 is 1.29. The number of fused-ring (bicyclic) bond motifs is 1. The first-order chi connectivity index (χ1) is 13.5. The Morgan fingerprint density at radius 2 is 1.89 bits per heavy atom. The van der Waals surface area contributed by atoms with Crippen LogP contribution in [0, 0.1) is 0 Å². The van der Waals surface area contributed by atoms with Crippen molar-refractivity contribution in [3.63, 3.8) is 0 Å². The van der Waals surface area contributed by atoms with Crippen molar-refractivity contribution in [2.24, 2.45) is 5.10 Å². The molecule has 0 aliphatic carbocycles. The number of carbonyl (C=O) groups is 1. The van der Waals surface area contributed by atoms with Gasteiger partial charge in [0.25, 0.3) is 5.91 Å². The molecule has 0 fully saturated rings. The molecule has 2 heterocycles. The maximum absolute atomic E-state index is 12.2. The molecule has 142 valence electrons. The van der Waals surface area contributed by atoms with Crippen molar-refractivity contribution in [3.8, 4) is 23.0 Å². The Morgan fingerprint density at radius 3 is 2.61 bits per heavy atom. The van der Waals surface area contributed by atoms with Crippen LogP contribution in [0.4, 0.5) is 0 Å². The van der Waals surface area contributed by atoms with Gasteiger partial charge in [0.05, 0.1) is 16.2 Å². The van der Waals surface area contributed by atoms with E-state index in [2.05, 4.69) is 10.5 Å². The van der Waals surface area contributed by atoms with Crippen molar-refractivity contribution in [2.75, 3.05) is 0 Å². The van der Waals surface area contributed by atoms with Crippen LogP contribution in [0.3, 0.4) is 0 Å². The number of hydrazone groups is 1. The van der Waals surface area contributed by atoms with E-state index >= 15 is 0 Å². The summed E-state index contributed by atoms with van der Waals surface area (Å²) in [4.78, 5) is 12.7. The molecule has 0 spiro atoms. The van der Waals surface area contributed by atoms with Crippen LogP contribution in [-0.4, -0.2) is 26.9 Å². The van der Waals surface area contributed by atoms with Gasteiger partial charge in [-0.1, -0.05) is 18.2 Å². The molecule has 0 bridgehead atoms. The number of thiophene rings is 1. The van der Waals surface area contributed by atoms with Crippen LogP contribution in [0.1, 0.15) is 33.3 Å². The van der Waals surface area contributed by atoms with Crippen molar-refractivity contribution in [3.05, 3.63) is 69.9 Å². The summed E-state index contributed by atoms with van der Waals surface area (Å²) in [6.45, 7) is 0. The summed E-state index contributed by atoms with van der Waals surface area (Å²) in [5.74, 6) is -0.304. The molecule has 1 aromatic heterocycles. The number of nitrogens with zero attached hydrogens (tertiary/aromatic N) is 1. The summed E-state index contributed by atoms with van der Waals surface area (Å²) in [6.07, 6.45) is -0.187. The van der Waals surface area contributed by atoms with Gasteiger partial charge in [0.1, 0.15) is 29.1 Å². The first kappa shape index (κ1) is 17.9. The fraction of sp³-hybridized carbons (Fsp3) is 0.100. The second kappa shape index (κ2) is 7.24. The van der Waals surface area contributed by atoms with Crippen LogP contribution < -0.4 is 10.2 Å². The van der Waals surface area contributed by atoms with E-state index in [1.807, 2.05) is 0 Å². The number of carbonyl (C=O) groups excluding carboxylic acids is 1. The highest BCUT2D eigenvalue weighted by Gasteiger charge is 2.30. The van der Waals surface area contributed by atoms with E-state index in [0.717, 1.165) is 5.56 Å². The van der Waals surface area contributed by atoms with Crippen LogP contribution in [-0.2, 0) is 0 Å². The fourth-order valence-electron chi connectivity index (χ4n) is 3.00. The average molecular weight is 396 g/mol. The van der Waals surface area contributed by atoms with E-state index in [1.54, 1.807) is 41.8 Å². The molecule has 4 N–H and O–H groups in total. The van der Waals surface area contributed by atoms with E-state index in [-0.39, 0.29) is 35.3 Å². The molecule has 8 heteroatoms. The molecule has 1 aliphatic rings. The van der Waals surface area contributed by atoms with Crippen LogP contribution >= 0.6 is 11.3 Å². The summed E-state index contributed by atoms with van der Waals surface area (Å²) in [7, 11) is 0. The van der Waals surface area contributed by atoms with Crippen molar-refractivity contribution in [1.29, 1.82) is 0 Å². The standard InChI is InChI=1S/C20H16N2O5S/c23-12-5-3-11(4-6-12)16-10-14(21-22-20(26)18-2-1-7-28-18)19-15(25)8-13(24)9-17(19)27-16/h1-9,16,23-25H,10H2,(H,22,26)/b21-14+/t16-/m0/s1. The lowest BCUT2D eigenvalue weighted by molar-refractivity contribution is 0.0958. The number of phenolic OH excluding ortho intramolecular Hbond substituents is 3. The molecule has 1 atom stereocenters. The predicted molar refractivity (Wildman–Crippen MR) is 104 cm³/mol. The van der Waals surface area contributed by atoms with E-state index in [0.29, 0.717) is 16.2 Å². The number of hydrogen-bond acceptors (Lipinski definition) is 7. The van der Waals surface area contributed by atoms with Crippen LogP contribution in [0.5, 0.6) is 23.0 Å². The van der Waals surface area contributed by atoms with Crippen molar-refractivity contribution in [2.45, 2.75) is 12.5 Å². The first-order valence-corrected chi connectivity index (χ1v) is 9.31. The number of ether oxygens (including phenoxy) is 1. The quantitative estimate of drug-likeness (QED) is 0.506. The number of aromatic hydroxyl groups is 3. The zero-order valence-electron chi connectivity index (χ0n) is 14.5. The average Bonchev–Trinajstić information content (AvgIpc) is 3.20. The van der Waals surface area contributed by atoms with Gasteiger partial charge in [-0.05, 0) is 29.1 Å². The molecule has 1 amide bonds. The predicted octanol–water partition coefficient (Wildman–Crippen LogP) is 3.52. The van der Waals surface area contributed by atoms with Crippen molar-refractivity contribution in [1.82, 2.24) is 5.43 Å². The third-order valence-corrected chi connectivity index (χ3v) is 5.17. The lowest BCUT2D eigenvalue weighted by Crippen LogP contribution is -2.25. The maximum Gasteiger partial charge on any atom is 0.281 e. The Morgan fingerprint density at radius 1 is 1.11 bits per heavy atom. The molecule has 0 saturated carbocycles. The lowest BCUT2D eigenvalue weighted by Gasteiger charge is -2.28. The SMILES string of the molecule is O=C(N/N=C1\C[C@@H](c2ccc(O)cc2)Oc2cc(O)cc(O)c21)c1cccs1. The number of phenols is 3. The molecule has 0 unspecified atom stereocenters. The summed E-state index contributed by atoms with van der Waals surface area (Å²) in [5.41, 5.74) is 4.03. The Hall–Kier alpha value is -3.52. The van der Waals surface area contributed by atoms with Crippen molar-refractivity contribution < 1.29 is 24.9 Å². The third kappa shape index (κ3) is 3.49. The normalized spacial score (nSPS) is 17.0. The zero-order chi connectivity index (χ0) is 19.7. The number of rotatable bonds is 3. The number of benzene rings is 2. The molecule has 0 saturated heterocycles. The van der Waals surface area contributed by atoms with Crippen LogP contribution in [0.15, 0.2) is 59.0 Å². The molecular weight excluding hydrogens is 380 g/mol. The van der Waals surface area contributed by atoms with E-state index < -0.39 is 6.10 Å². The van der Waals surface area contributed by atoms with Gasteiger partial charge >= 0.3 is 0 Å². The smallest absolute Gasteiger partial charge is 0.281 e. The molecule has 3 aromatic rings. The van der Waals surface area contributed by atoms with Gasteiger partial charge in [0.15, 0.2) is 0 Å². The summed E-state index contributed by atoms with van der Waals surface area (Å²) in [5, 5.41) is 35.6. The van der Waals surface area contributed by atoms with Crippen molar-refractivity contribution >= 4 is 23.0 Å². The molecular formula is C20H16N2O5S. The van der Waals surface area contributed by atoms with Crippen LogP contribution in [0.2, 0.25) is 0 Å². The zero-order valence-corrected chi connectivity index (χ0v) is 15.3. The molecule has 28 heavy (non-hydrogen) atoms. The highest BCUT2D eigenvalue weighted by atomic mass is 32.1. The second-order valence-electron chi connectivity index (χ2n) is 6.22. The van der Waals surface area contributed by atoms with Crippen LogP contribution in [0.25, 0.3) is 0 Å². The lowest BCUT2D eigenvalue weighted by atomic mass is 9.94. The summed E-state index contributed by atoms with van der Waals surface area (Å²) < 4.78 is 5.94. The third-order valence-electron chi connectivity index (χ3n) is 4.30. The number of hydrogen-bond donors (Lipinski definition) is 4. The summed E-state index contributed by atoms with van der Waals surface area (Å²) in [6, 6.07) is 12.6. The van der Waals surface area contributed by atoms with Gasteiger partial charge in [-0.15, -0.1) is 11.3 Å². The minimum absolute atomic E-state index is 0.132. The number of nitrogens with one attached hydrogen (secondary N) is 1. The topological polar surface area (TPSA) is 111 Å². The Labute approximate surface area is 164 Å². The van der Waals surface area contributed by atoms with Gasteiger partial charge in [-0.2, -0.15) is 5.10 Å². The van der Waals surface area contributed by atoms with E-state index in [9.17, 15) is 20.1 Å². The van der Waals surface area contributed by atoms with Gasteiger partial charge in [-0.3, -0.25) is 4.79 Å². The molecule has 7 nitrogen and oxygen atoms in total. The number of amides is 1. The second-order valence-corrected chi connectivity index (χ2v) is 7.16. The minimum Gasteiger partial charge on any atom is -0.508 e. The highest BCUT2D eigenvalue weighted by molar-refractivity contribution is 7.12. The molecule has 0 radical (unpaired) electrons. The Balaban J connectivity index is 1.70. The first-order valence-electron chi connectivity index (χ1n) is 8.43. The van der Waals surface area contributed by atoms with Gasteiger partial charge in [-0.25, -0.2) is 5.43 Å². The molecule has 1 aliphatic heterocycles. The van der Waals surface area contributed by atoms with Gasteiger partial charge < -0.3 is 20.1 Å². The highest BCUT2D eigenvalue weighted by Crippen LogP contribution is 2.42. The maximum atomic E-state index is 12.2. The Bertz CT molecular complexity index is 1050. The van der Waals surface area contributed by atoms with E-state index in [4.69, 9.17) is 4.74 Å². The monoisotopic (exact) mass is 396 g/mol. The molecule has 4 rings (SSSR count). The van der Waals surface area contributed by atoms with E-state index in [1.165, 1.54) is 23.5 Å². The van der Waals surface area contributed by atoms with Gasteiger partial charge in [0, 0.05) is 18.6 Å². The van der Waals surface area contributed by atoms with Gasteiger partial charge in [0.2, 0.25) is 0 Å². The largest absolute Gasteiger partial charge is 0.508 e. The Kier molecular flexibility index (Phi) is 4.62. The fourth-order valence-corrected chi connectivity index (χ4v) is 3.61. The molecule has 2 aromatic carbocycles. The minimum atomic E-state index is -0.466.